The summed E-state index contributed by atoms with van der Waals surface area (Å²) in [5, 5.41) is 27.1. The van der Waals surface area contributed by atoms with Crippen molar-refractivity contribution in [1.29, 1.82) is 0 Å². The lowest BCUT2D eigenvalue weighted by molar-refractivity contribution is 0.177. The molecular weight excluding hydrogens is 228 g/mol. The summed E-state index contributed by atoms with van der Waals surface area (Å²) in [7, 11) is 0. The smallest absolute Gasteiger partial charge is 0.118 e. The minimum atomic E-state index is -0.808. The third kappa shape index (κ3) is 11.0. The van der Waals surface area contributed by atoms with E-state index in [9.17, 15) is 5.11 Å². The first-order valence-corrected chi connectivity index (χ1v) is 5.99. The third-order valence-electron chi connectivity index (χ3n) is 1.91. The highest BCUT2D eigenvalue weighted by atomic mass is 16.3. The Morgan fingerprint density at radius 1 is 1.00 bits per heavy atom. The van der Waals surface area contributed by atoms with E-state index < -0.39 is 12.2 Å². The molecule has 0 fully saturated rings. The molecule has 0 saturated heterocycles. The monoisotopic (exact) mass is 248 g/mol. The van der Waals surface area contributed by atoms with E-state index in [1.807, 2.05) is 19.1 Å². The Labute approximate surface area is 109 Å². The van der Waals surface area contributed by atoms with E-state index >= 15 is 0 Å². The zero-order chi connectivity index (χ0) is 13.6. The second-order valence-electron chi connectivity index (χ2n) is 3.57. The van der Waals surface area contributed by atoms with Gasteiger partial charge in [0.1, 0.15) is 12.2 Å². The summed E-state index contributed by atoms with van der Waals surface area (Å²) in [6.45, 7) is 1.94. The topological polar surface area (TPSA) is 60.7 Å². The van der Waals surface area contributed by atoms with Crippen molar-refractivity contribution >= 4 is 0 Å². The van der Waals surface area contributed by atoms with Gasteiger partial charge in [-0.3, -0.25) is 0 Å². The zero-order valence-corrected chi connectivity index (χ0v) is 10.6. The molecule has 18 heavy (non-hydrogen) atoms. The van der Waals surface area contributed by atoms with Crippen LogP contribution in [0.5, 0.6) is 0 Å². The number of hydrogen-bond donors (Lipinski definition) is 3. The van der Waals surface area contributed by atoms with E-state index in [1.165, 1.54) is 12.2 Å². The summed E-state index contributed by atoms with van der Waals surface area (Å²) in [6, 6.07) is 0. The van der Waals surface area contributed by atoms with Crippen LogP contribution >= 0.6 is 0 Å². The molecule has 0 amide bonds. The molecule has 0 spiro atoms. The minimum absolute atomic E-state index is 0.0865. The molecule has 3 heteroatoms. The van der Waals surface area contributed by atoms with E-state index in [-0.39, 0.29) is 13.0 Å². The van der Waals surface area contributed by atoms with Crippen LogP contribution in [0.2, 0.25) is 0 Å². The van der Waals surface area contributed by atoms with Crippen molar-refractivity contribution in [2.75, 3.05) is 6.61 Å². The van der Waals surface area contributed by atoms with Gasteiger partial charge in [-0.25, -0.2) is 0 Å². The summed E-state index contributed by atoms with van der Waals surface area (Å²) < 4.78 is 0. The lowest BCUT2D eigenvalue weighted by atomic mass is 10.2. The van der Waals surface area contributed by atoms with Crippen LogP contribution in [0.4, 0.5) is 0 Å². The van der Waals surface area contributed by atoms with Crippen LogP contribution in [-0.4, -0.2) is 34.1 Å². The summed E-state index contributed by atoms with van der Waals surface area (Å²) in [4.78, 5) is 0. The van der Waals surface area contributed by atoms with Gasteiger partial charge in [0, 0.05) is 19.4 Å². The highest BCUT2D eigenvalue weighted by Gasteiger charge is 1.94. The number of aliphatic hydroxyl groups is 3. The van der Waals surface area contributed by atoms with Crippen LogP contribution in [0.3, 0.4) is 0 Å². The summed E-state index contributed by atoms with van der Waals surface area (Å²) in [5.41, 5.74) is 0. The molecule has 3 nitrogen and oxygen atoms in total. The molecule has 0 aromatic rings. The van der Waals surface area contributed by atoms with Crippen molar-refractivity contribution in [1.82, 2.24) is 0 Å². The first-order valence-electron chi connectivity index (χ1n) is 5.99. The number of hydrogen-bond acceptors (Lipinski definition) is 3. The van der Waals surface area contributed by atoms with Gasteiger partial charge in [0.05, 0.1) is 0 Å². The molecule has 0 aliphatic carbocycles. The van der Waals surface area contributed by atoms with E-state index in [1.54, 1.807) is 0 Å². The van der Waals surface area contributed by atoms with E-state index in [0.29, 0.717) is 6.42 Å². The summed E-state index contributed by atoms with van der Waals surface area (Å²) in [6.07, 6.45) is 7.15. The molecule has 98 valence electrons. The molecule has 0 aromatic carbocycles. The molecule has 0 heterocycles. The van der Waals surface area contributed by atoms with Crippen LogP contribution in [0.1, 0.15) is 26.2 Å². The van der Waals surface area contributed by atoms with Crippen molar-refractivity contribution in [2.45, 2.75) is 38.4 Å². The number of rotatable bonds is 5. The SMILES string of the molecule is CC/C=C\C[C@H](O)C#C/C=C\C#C[C@@H](O)CCO. The predicted octanol–water partition coefficient (Wildman–Crippen LogP) is 1.01. The van der Waals surface area contributed by atoms with Crippen molar-refractivity contribution in [3.05, 3.63) is 24.3 Å². The molecule has 0 aromatic heterocycles. The number of aliphatic hydroxyl groups excluding tert-OH is 3. The van der Waals surface area contributed by atoms with Gasteiger partial charge in [0.15, 0.2) is 0 Å². The van der Waals surface area contributed by atoms with Crippen molar-refractivity contribution in [3.8, 4) is 23.7 Å². The Morgan fingerprint density at radius 3 is 2.17 bits per heavy atom. The zero-order valence-electron chi connectivity index (χ0n) is 10.6. The third-order valence-corrected chi connectivity index (χ3v) is 1.91. The molecule has 0 unspecified atom stereocenters. The molecular formula is C15H20O3. The van der Waals surface area contributed by atoms with Gasteiger partial charge in [-0.2, -0.15) is 0 Å². The Balaban J connectivity index is 3.97. The second-order valence-corrected chi connectivity index (χ2v) is 3.57. The first-order chi connectivity index (χ1) is 8.70. The van der Waals surface area contributed by atoms with Crippen LogP contribution in [0, 0.1) is 23.7 Å². The number of allylic oxidation sites excluding steroid dienone is 3. The largest absolute Gasteiger partial charge is 0.396 e. The van der Waals surface area contributed by atoms with Crippen LogP contribution in [0.25, 0.3) is 0 Å². The van der Waals surface area contributed by atoms with Crippen LogP contribution < -0.4 is 0 Å². The standard InChI is InChI=1S/C15H20O3/c1-2-3-6-9-14(17)10-7-4-5-8-11-15(18)12-13-16/h3-6,14-18H,2,9,12-13H2,1H3/b5-4-,6-3-/t14-,15+/m0/s1. The molecule has 0 bridgehead atoms. The van der Waals surface area contributed by atoms with Crippen molar-refractivity contribution < 1.29 is 15.3 Å². The maximum atomic E-state index is 9.43. The molecule has 3 N–H and O–H groups in total. The van der Waals surface area contributed by atoms with Gasteiger partial charge < -0.3 is 15.3 Å². The summed E-state index contributed by atoms with van der Waals surface area (Å²) >= 11 is 0. The Bertz CT molecular complexity index is 374. The maximum absolute atomic E-state index is 9.43. The van der Waals surface area contributed by atoms with Gasteiger partial charge >= 0.3 is 0 Å². The molecule has 0 radical (unpaired) electrons. The van der Waals surface area contributed by atoms with Gasteiger partial charge in [-0.05, 0) is 18.6 Å². The van der Waals surface area contributed by atoms with Gasteiger partial charge in [0.25, 0.3) is 0 Å². The lowest BCUT2D eigenvalue weighted by Gasteiger charge is -1.95. The van der Waals surface area contributed by atoms with Gasteiger partial charge in [-0.1, -0.05) is 42.8 Å². The Hall–Kier alpha value is -1.52. The maximum Gasteiger partial charge on any atom is 0.118 e. The highest BCUT2D eigenvalue weighted by Crippen LogP contribution is 1.92. The molecule has 2 atom stereocenters. The Morgan fingerprint density at radius 2 is 1.61 bits per heavy atom. The fourth-order valence-corrected chi connectivity index (χ4v) is 1.02. The minimum Gasteiger partial charge on any atom is -0.396 e. The quantitative estimate of drug-likeness (QED) is 0.502. The molecule has 0 saturated carbocycles. The molecule has 0 rings (SSSR count). The molecule has 0 aliphatic heterocycles. The van der Waals surface area contributed by atoms with Crippen LogP contribution in [0.15, 0.2) is 24.3 Å². The second kappa shape index (κ2) is 12.0. The Kier molecular flexibility index (Phi) is 10.9. The van der Waals surface area contributed by atoms with E-state index in [4.69, 9.17) is 10.2 Å². The summed E-state index contributed by atoms with van der Waals surface area (Å²) in [5.74, 6) is 10.5. The average molecular weight is 248 g/mol. The van der Waals surface area contributed by atoms with Crippen molar-refractivity contribution in [3.63, 3.8) is 0 Å². The van der Waals surface area contributed by atoms with Gasteiger partial charge in [0.2, 0.25) is 0 Å². The predicted molar refractivity (Wildman–Crippen MR) is 72.5 cm³/mol. The van der Waals surface area contributed by atoms with Crippen LogP contribution in [-0.2, 0) is 0 Å². The average Bonchev–Trinajstić information content (AvgIpc) is 2.34. The van der Waals surface area contributed by atoms with Gasteiger partial charge in [-0.15, -0.1) is 0 Å². The van der Waals surface area contributed by atoms with Crippen molar-refractivity contribution in [2.24, 2.45) is 0 Å². The first kappa shape index (κ1) is 16.5. The molecule has 0 aliphatic rings. The normalized spacial score (nSPS) is 13.8. The fraction of sp³-hybridized carbons (Fsp3) is 0.467. The lowest BCUT2D eigenvalue weighted by Crippen LogP contribution is -2.04. The van der Waals surface area contributed by atoms with E-state index in [2.05, 4.69) is 23.7 Å². The highest BCUT2D eigenvalue weighted by molar-refractivity contribution is 5.26. The van der Waals surface area contributed by atoms with E-state index in [0.717, 1.165) is 6.42 Å². The fourth-order valence-electron chi connectivity index (χ4n) is 1.02.